The smallest absolute Gasteiger partial charge is 0.246 e. The molecule has 2 aliphatic carbocycles. The molecule has 74 heavy (non-hydrogen) atoms. The van der Waals surface area contributed by atoms with Crippen LogP contribution in [0.15, 0.2) is 60.7 Å². The van der Waals surface area contributed by atoms with Crippen molar-refractivity contribution in [1.29, 1.82) is 0 Å². The Morgan fingerprint density at radius 1 is 0.554 bits per heavy atom. The first kappa shape index (κ1) is 61.0. The van der Waals surface area contributed by atoms with Crippen molar-refractivity contribution in [3.63, 3.8) is 0 Å². The molecule has 0 unspecified atom stereocenters. The molecular weight excluding hydrogens is 988 g/mol. The van der Waals surface area contributed by atoms with Gasteiger partial charge in [-0.05, 0) is 112 Å². The normalized spacial score (nSPS) is 23.0. The van der Waals surface area contributed by atoms with Gasteiger partial charge in [0.2, 0.25) is 47.3 Å². The number of halogens is 2. The van der Waals surface area contributed by atoms with Crippen LogP contribution in [0.4, 0.5) is 0 Å². The Morgan fingerprint density at radius 2 is 0.905 bits per heavy atom. The SMILES string of the molecule is CN[C@@H](C)C(=O)N[C@H](C(=O)N1C[C@@H](NC(=O)/C=C\C(=O)N[C@H]2C[C@@H](C(=O)N[C@@H]3CCCc4ccccc43)N(C(=O)[C@@H](NC(=O)[C@H](C)NC)C(C)(C)C)C2)C[C@H]1C(=O)N[C@@H]1CCCc2ccccc21)C(C)(C)C.Cl.Cl. The molecule has 18 nitrogen and oxygen atoms in total. The molecule has 8 N–H and O–H groups in total. The number of likely N-dealkylation sites (tertiary alicyclic amines) is 2. The fraction of sp³-hybridized carbons (Fsp3) is 0.593. The van der Waals surface area contributed by atoms with E-state index in [1.165, 1.54) is 9.80 Å². The van der Waals surface area contributed by atoms with Gasteiger partial charge in [-0.2, -0.15) is 0 Å². The van der Waals surface area contributed by atoms with E-state index in [1.807, 2.05) is 77.9 Å². The van der Waals surface area contributed by atoms with Gasteiger partial charge >= 0.3 is 0 Å². The second-order valence-corrected chi connectivity index (χ2v) is 22.2. The maximum Gasteiger partial charge on any atom is 0.246 e. The lowest BCUT2D eigenvalue weighted by Gasteiger charge is -2.36. The monoisotopic (exact) mass is 1070 g/mol. The van der Waals surface area contributed by atoms with E-state index in [1.54, 1.807) is 27.9 Å². The van der Waals surface area contributed by atoms with Crippen molar-refractivity contribution < 1.29 is 38.4 Å². The molecule has 2 aromatic rings. The summed E-state index contributed by atoms with van der Waals surface area (Å²) in [7, 11) is 3.29. The molecule has 0 aromatic heterocycles. The van der Waals surface area contributed by atoms with Gasteiger partial charge in [0, 0.05) is 37.3 Å². The zero-order valence-corrected chi connectivity index (χ0v) is 46.2. The third-order valence-corrected chi connectivity index (χ3v) is 14.7. The molecule has 10 atom stereocenters. The first-order valence-electron chi connectivity index (χ1n) is 25.6. The van der Waals surface area contributed by atoms with Gasteiger partial charge in [-0.3, -0.25) is 38.4 Å². The van der Waals surface area contributed by atoms with Crippen LogP contribution in [0.25, 0.3) is 0 Å². The lowest BCUT2D eigenvalue weighted by Crippen LogP contribution is -2.59. The Hall–Kier alpha value is -5.56. The van der Waals surface area contributed by atoms with E-state index in [0.29, 0.717) is 0 Å². The molecule has 0 bridgehead atoms. The predicted octanol–water partition coefficient (Wildman–Crippen LogP) is 3.22. The van der Waals surface area contributed by atoms with Crippen LogP contribution in [0.2, 0.25) is 0 Å². The van der Waals surface area contributed by atoms with E-state index in [9.17, 15) is 38.4 Å². The van der Waals surface area contributed by atoms with Crippen LogP contribution < -0.4 is 42.5 Å². The van der Waals surface area contributed by atoms with Crippen molar-refractivity contribution in [2.24, 2.45) is 10.8 Å². The number of hydrogen-bond donors (Lipinski definition) is 8. The Balaban J connectivity index is 0.00000593. The first-order chi connectivity index (χ1) is 34.0. The molecule has 6 rings (SSSR count). The summed E-state index contributed by atoms with van der Waals surface area (Å²) in [4.78, 5) is 114. The fourth-order valence-electron chi connectivity index (χ4n) is 10.3. The van der Waals surface area contributed by atoms with Crippen molar-refractivity contribution in [3.8, 4) is 0 Å². The van der Waals surface area contributed by atoms with E-state index >= 15 is 0 Å². The topological polar surface area (TPSA) is 239 Å². The van der Waals surface area contributed by atoms with E-state index in [2.05, 4.69) is 54.7 Å². The van der Waals surface area contributed by atoms with Crippen LogP contribution in [-0.4, -0.2) is 133 Å². The summed E-state index contributed by atoms with van der Waals surface area (Å²) in [6.07, 6.45) is 7.32. The number of aryl methyl sites for hydroxylation is 2. The Bertz CT molecular complexity index is 2230. The van der Waals surface area contributed by atoms with Crippen LogP contribution in [0, 0.1) is 10.8 Å². The highest BCUT2D eigenvalue weighted by molar-refractivity contribution is 5.98. The van der Waals surface area contributed by atoms with E-state index < -0.39 is 82.8 Å². The molecule has 2 fully saturated rings. The van der Waals surface area contributed by atoms with Gasteiger partial charge in [0.15, 0.2) is 0 Å². The van der Waals surface area contributed by atoms with Crippen LogP contribution in [0.1, 0.15) is 128 Å². The van der Waals surface area contributed by atoms with Crippen molar-refractivity contribution >= 4 is 72.1 Å². The molecule has 8 amide bonds. The third-order valence-electron chi connectivity index (χ3n) is 14.7. The van der Waals surface area contributed by atoms with Crippen LogP contribution in [0.3, 0.4) is 0 Å². The maximum atomic E-state index is 14.6. The predicted molar refractivity (Wildman–Crippen MR) is 288 cm³/mol. The van der Waals surface area contributed by atoms with Crippen LogP contribution in [0.5, 0.6) is 0 Å². The third kappa shape index (κ3) is 15.1. The molecule has 2 aliphatic heterocycles. The largest absolute Gasteiger partial charge is 0.348 e. The van der Waals surface area contributed by atoms with Crippen molar-refractivity contribution in [2.45, 2.75) is 167 Å². The summed E-state index contributed by atoms with van der Waals surface area (Å²) >= 11 is 0. The number of carbonyl (C=O) groups is 8. The average Bonchev–Trinajstić information content (AvgIpc) is 3.97. The molecule has 2 aromatic carbocycles. The number of nitrogens with zero attached hydrogens (tertiary/aromatic N) is 2. The lowest BCUT2D eigenvalue weighted by atomic mass is 9.85. The molecule has 2 saturated heterocycles. The number of nitrogens with one attached hydrogen (secondary N) is 8. The number of benzene rings is 2. The van der Waals surface area contributed by atoms with Gasteiger partial charge in [0.25, 0.3) is 0 Å². The second kappa shape index (κ2) is 26.3. The summed E-state index contributed by atoms with van der Waals surface area (Å²) < 4.78 is 0. The molecule has 408 valence electrons. The van der Waals surface area contributed by atoms with Crippen molar-refractivity contribution in [2.75, 3.05) is 27.2 Å². The molecular formula is C54H80Cl2N10O8. The maximum absolute atomic E-state index is 14.6. The van der Waals surface area contributed by atoms with E-state index in [0.717, 1.165) is 72.9 Å². The summed E-state index contributed by atoms with van der Waals surface area (Å²) in [5, 5.41) is 23.7. The second-order valence-electron chi connectivity index (χ2n) is 22.2. The number of likely N-dealkylation sites (N-methyl/N-ethyl adjacent to an activating group) is 2. The van der Waals surface area contributed by atoms with Gasteiger partial charge in [-0.15, -0.1) is 24.8 Å². The van der Waals surface area contributed by atoms with Gasteiger partial charge < -0.3 is 52.3 Å². The van der Waals surface area contributed by atoms with Crippen molar-refractivity contribution in [1.82, 2.24) is 52.3 Å². The molecule has 2 heterocycles. The van der Waals surface area contributed by atoms with Gasteiger partial charge in [0.1, 0.15) is 24.2 Å². The van der Waals surface area contributed by atoms with E-state index in [4.69, 9.17) is 0 Å². The molecule has 0 radical (unpaired) electrons. The summed E-state index contributed by atoms with van der Waals surface area (Å²) in [5.74, 6) is -3.70. The number of carbonyl (C=O) groups excluding carboxylic acids is 8. The highest BCUT2D eigenvalue weighted by atomic mass is 35.5. The van der Waals surface area contributed by atoms with Gasteiger partial charge in [0.05, 0.1) is 24.2 Å². The zero-order chi connectivity index (χ0) is 52.7. The molecule has 20 heteroatoms. The molecule has 4 aliphatic rings. The number of rotatable bonds is 16. The van der Waals surface area contributed by atoms with E-state index in [-0.39, 0.29) is 86.5 Å². The standard InChI is InChI=1S/C54H78N10O8.2ClH/c1-31(55-9)47(67)61-45(53(3,4)5)51(71)63-29-35(27-41(63)49(69)59-39-23-15-19-33-17-11-13-21-37(33)39)57-43(65)25-26-44(66)58-36-28-42(50(70)60-40-24-16-20-34-18-12-14-22-38(34)40)64(30-36)52(72)46(54(6,7)8)62-48(68)32(2)56-10;;/h11-14,17-18,21-22,25-26,31-32,35-36,39-42,45-46,55-56H,15-16,19-20,23-24,27-30H2,1-10H3,(H,57,65)(H,58,66)(H,59,69)(H,60,70)(H,61,67)(H,62,68);2*1H/b26-25-;;/t31-,32-,35-,36-,39+,40+,41-,42-,45+,46+;;/m0../s1. The van der Waals surface area contributed by atoms with Gasteiger partial charge in [-0.25, -0.2) is 0 Å². The zero-order valence-electron chi connectivity index (χ0n) is 44.6. The molecule has 0 spiro atoms. The van der Waals surface area contributed by atoms with Crippen molar-refractivity contribution in [3.05, 3.63) is 82.9 Å². The molecule has 0 saturated carbocycles. The fourth-order valence-corrected chi connectivity index (χ4v) is 10.3. The van der Waals surface area contributed by atoms with Crippen LogP contribution >= 0.6 is 24.8 Å². The minimum atomic E-state index is -0.999. The first-order valence-corrected chi connectivity index (χ1v) is 25.6. The Morgan fingerprint density at radius 3 is 1.24 bits per heavy atom. The van der Waals surface area contributed by atoms with Gasteiger partial charge in [-0.1, -0.05) is 90.1 Å². The quantitative estimate of drug-likeness (QED) is 0.114. The lowest BCUT2D eigenvalue weighted by molar-refractivity contribution is -0.144. The summed E-state index contributed by atoms with van der Waals surface area (Å²) in [6.45, 7) is 14.3. The number of fused-ring (bicyclic) bond motifs is 2. The minimum Gasteiger partial charge on any atom is -0.348 e. The average molecular weight is 1070 g/mol. The summed E-state index contributed by atoms with van der Waals surface area (Å²) in [5.41, 5.74) is 2.88. The van der Waals surface area contributed by atoms with Crippen LogP contribution in [-0.2, 0) is 51.2 Å². The highest BCUT2D eigenvalue weighted by Crippen LogP contribution is 2.33. The number of amides is 8. The highest BCUT2D eigenvalue weighted by Gasteiger charge is 2.48. The minimum absolute atomic E-state index is 0. The Kier molecular flexibility index (Phi) is 21.7. The Labute approximate surface area is 449 Å². The summed E-state index contributed by atoms with van der Waals surface area (Å²) in [6, 6.07) is 8.91. The number of hydrogen-bond acceptors (Lipinski definition) is 10.